The van der Waals surface area contributed by atoms with Gasteiger partial charge in [-0.2, -0.15) is 0 Å². The number of fused-ring (bicyclic) bond motifs is 1. The summed E-state index contributed by atoms with van der Waals surface area (Å²) in [6.07, 6.45) is 0. The highest BCUT2D eigenvalue weighted by atomic mass is 35.5. The van der Waals surface area contributed by atoms with Gasteiger partial charge in [0.25, 0.3) is 5.91 Å². The van der Waals surface area contributed by atoms with Crippen molar-refractivity contribution in [3.05, 3.63) is 58.9 Å². The third-order valence-corrected chi connectivity index (χ3v) is 3.88. The molecule has 3 rings (SSSR count). The van der Waals surface area contributed by atoms with Crippen molar-refractivity contribution in [3.8, 4) is 5.75 Å². The number of aromatic nitrogens is 2. The number of carbonyl (C=O) groups excluding carboxylic acids is 1. The number of nitrogens with zero attached hydrogens (tertiary/aromatic N) is 1. The number of rotatable bonds is 5. The predicted octanol–water partition coefficient (Wildman–Crippen LogP) is 3.78. The number of nitrogens with one attached hydrogen (secondary N) is 2. The molecule has 0 saturated carbocycles. The number of hydrogen-bond acceptors (Lipinski definition) is 3. The number of hydrogen-bond donors (Lipinski definition) is 2. The zero-order chi connectivity index (χ0) is 17.1. The van der Waals surface area contributed by atoms with Crippen molar-refractivity contribution in [1.82, 2.24) is 15.3 Å². The van der Waals surface area contributed by atoms with Gasteiger partial charge in [0.1, 0.15) is 11.6 Å². The van der Waals surface area contributed by atoms with E-state index < -0.39 is 0 Å². The normalized spacial score (nSPS) is 12.1. The second kappa shape index (κ2) is 6.93. The summed E-state index contributed by atoms with van der Waals surface area (Å²) in [4.78, 5) is 19.8. The second-order valence-corrected chi connectivity index (χ2v) is 6.11. The molecule has 0 aliphatic rings. The summed E-state index contributed by atoms with van der Waals surface area (Å²) in [6, 6.07) is 12.6. The van der Waals surface area contributed by atoms with Crippen LogP contribution in [0.1, 0.15) is 24.4 Å². The van der Waals surface area contributed by atoms with Crippen LogP contribution < -0.4 is 10.1 Å². The van der Waals surface area contributed by atoms with Gasteiger partial charge in [-0.25, -0.2) is 4.98 Å². The molecular formula is C18H18ClN3O2. The van der Waals surface area contributed by atoms with Crippen LogP contribution in [0.4, 0.5) is 0 Å². The first-order chi connectivity index (χ1) is 11.5. The van der Waals surface area contributed by atoms with Gasteiger partial charge in [-0.15, -0.1) is 0 Å². The molecule has 1 aromatic heterocycles. The quantitative estimate of drug-likeness (QED) is 0.740. The first kappa shape index (κ1) is 16.3. The molecule has 124 valence electrons. The molecule has 1 amide bonds. The van der Waals surface area contributed by atoms with Crippen LogP contribution in [-0.4, -0.2) is 22.5 Å². The van der Waals surface area contributed by atoms with E-state index in [-0.39, 0.29) is 18.6 Å². The molecule has 24 heavy (non-hydrogen) atoms. The molecule has 1 atom stereocenters. The Morgan fingerprint density at radius 1 is 1.29 bits per heavy atom. The molecule has 0 aliphatic heterocycles. The lowest BCUT2D eigenvalue weighted by atomic mass is 10.2. The number of ether oxygens (including phenoxy) is 1. The van der Waals surface area contributed by atoms with Gasteiger partial charge in [0.15, 0.2) is 6.61 Å². The molecule has 2 N–H and O–H groups in total. The van der Waals surface area contributed by atoms with Crippen LogP contribution in [0.3, 0.4) is 0 Å². The number of aromatic amines is 1. The predicted molar refractivity (Wildman–Crippen MR) is 94.3 cm³/mol. The van der Waals surface area contributed by atoms with Crippen molar-refractivity contribution in [2.75, 3.05) is 6.61 Å². The van der Waals surface area contributed by atoms with Gasteiger partial charge >= 0.3 is 0 Å². The van der Waals surface area contributed by atoms with E-state index in [1.165, 1.54) is 0 Å². The first-order valence-electron chi connectivity index (χ1n) is 7.65. The Morgan fingerprint density at radius 2 is 2.04 bits per heavy atom. The summed E-state index contributed by atoms with van der Waals surface area (Å²) in [5, 5.41) is 3.50. The van der Waals surface area contributed by atoms with Crippen molar-refractivity contribution >= 4 is 28.5 Å². The van der Waals surface area contributed by atoms with E-state index in [0.29, 0.717) is 10.8 Å². The van der Waals surface area contributed by atoms with Crippen LogP contribution in [0, 0.1) is 6.92 Å². The van der Waals surface area contributed by atoms with E-state index in [1.807, 2.05) is 32.0 Å². The largest absolute Gasteiger partial charge is 0.484 e. The Balaban J connectivity index is 1.59. The summed E-state index contributed by atoms with van der Waals surface area (Å²) in [6.45, 7) is 3.84. The molecule has 6 heteroatoms. The van der Waals surface area contributed by atoms with E-state index in [9.17, 15) is 4.79 Å². The van der Waals surface area contributed by atoms with Crippen molar-refractivity contribution in [2.45, 2.75) is 19.9 Å². The van der Waals surface area contributed by atoms with Gasteiger partial charge in [-0.05, 0) is 55.8 Å². The van der Waals surface area contributed by atoms with E-state index in [0.717, 1.165) is 22.4 Å². The van der Waals surface area contributed by atoms with Crippen molar-refractivity contribution in [2.24, 2.45) is 0 Å². The summed E-state index contributed by atoms with van der Waals surface area (Å²) in [7, 11) is 0. The van der Waals surface area contributed by atoms with Gasteiger partial charge in [0.2, 0.25) is 0 Å². The highest BCUT2D eigenvalue weighted by Gasteiger charge is 2.14. The number of imidazole rings is 1. The maximum atomic E-state index is 12.0. The average molecular weight is 344 g/mol. The highest BCUT2D eigenvalue weighted by Crippen LogP contribution is 2.18. The lowest BCUT2D eigenvalue weighted by Crippen LogP contribution is -2.31. The fourth-order valence-electron chi connectivity index (χ4n) is 2.38. The van der Waals surface area contributed by atoms with Gasteiger partial charge in [0, 0.05) is 5.02 Å². The maximum Gasteiger partial charge on any atom is 0.258 e. The minimum atomic E-state index is -0.237. The van der Waals surface area contributed by atoms with Crippen LogP contribution in [0.25, 0.3) is 11.0 Å². The lowest BCUT2D eigenvalue weighted by molar-refractivity contribution is -0.123. The maximum absolute atomic E-state index is 12.0. The van der Waals surface area contributed by atoms with Crippen molar-refractivity contribution in [1.29, 1.82) is 0 Å². The molecule has 0 radical (unpaired) electrons. The summed E-state index contributed by atoms with van der Waals surface area (Å²) >= 11 is 5.81. The van der Waals surface area contributed by atoms with Crippen LogP contribution in [0.15, 0.2) is 42.5 Å². The first-order valence-corrected chi connectivity index (χ1v) is 8.03. The van der Waals surface area contributed by atoms with Crippen LogP contribution in [0.2, 0.25) is 5.02 Å². The molecule has 5 nitrogen and oxygen atoms in total. The highest BCUT2D eigenvalue weighted by molar-refractivity contribution is 6.30. The van der Waals surface area contributed by atoms with E-state index in [4.69, 9.17) is 16.3 Å². The zero-order valence-corrected chi connectivity index (χ0v) is 14.2. The summed E-state index contributed by atoms with van der Waals surface area (Å²) in [5.41, 5.74) is 3.00. The van der Waals surface area contributed by atoms with Gasteiger partial charge in [-0.1, -0.05) is 17.7 Å². The molecular weight excluding hydrogens is 326 g/mol. The van der Waals surface area contributed by atoms with Crippen LogP contribution in [-0.2, 0) is 4.79 Å². The minimum absolute atomic E-state index is 0.0642. The molecule has 0 spiro atoms. The fourth-order valence-corrected chi connectivity index (χ4v) is 2.51. The Bertz CT molecular complexity index is 858. The van der Waals surface area contributed by atoms with Crippen LogP contribution in [0.5, 0.6) is 5.75 Å². The van der Waals surface area contributed by atoms with Crippen molar-refractivity contribution < 1.29 is 9.53 Å². The molecule has 0 fully saturated rings. The second-order valence-electron chi connectivity index (χ2n) is 5.67. The molecule has 3 aromatic rings. The molecule has 1 unspecified atom stereocenters. The number of halogens is 1. The molecule has 1 heterocycles. The standard InChI is InChI=1S/C18H18ClN3O2/c1-11-3-8-15-16(9-11)22-18(21-15)12(2)20-17(23)10-24-14-6-4-13(19)5-7-14/h3-9,12H,10H2,1-2H3,(H,20,23)(H,21,22). The molecule has 0 saturated heterocycles. The van der Waals surface area contributed by atoms with Crippen molar-refractivity contribution in [3.63, 3.8) is 0 Å². The monoisotopic (exact) mass is 343 g/mol. The zero-order valence-electron chi connectivity index (χ0n) is 13.5. The Labute approximate surface area is 145 Å². The Kier molecular flexibility index (Phi) is 4.71. The Morgan fingerprint density at radius 3 is 2.79 bits per heavy atom. The average Bonchev–Trinajstić information content (AvgIpc) is 2.97. The van der Waals surface area contributed by atoms with E-state index >= 15 is 0 Å². The van der Waals surface area contributed by atoms with E-state index in [1.54, 1.807) is 24.3 Å². The smallest absolute Gasteiger partial charge is 0.258 e. The third kappa shape index (κ3) is 3.86. The number of aryl methyl sites for hydroxylation is 1. The van der Waals surface area contributed by atoms with Gasteiger partial charge in [-0.3, -0.25) is 4.79 Å². The van der Waals surface area contributed by atoms with E-state index in [2.05, 4.69) is 15.3 Å². The number of amides is 1. The SMILES string of the molecule is Cc1ccc2nc(C(C)NC(=O)COc3ccc(Cl)cc3)[nH]c2c1. The van der Waals surface area contributed by atoms with Gasteiger partial charge < -0.3 is 15.0 Å². The van der Waals surface area contributed by atoms with Crippen LogP contribution >= 0.6 is 11.6 Å². The number of H-pyrrole nitrogens is 1. The fraction of sp³-hybridized carbons (Fsp3) is 0.222. The Hall–Kier alpha value is -2.53. The summed E-state index contributed by atoms with van der Waals surface area (Å²) < 4.78 is 5.43. The van der Waals surface area contributed by atoms with Gasteiger partial charge in [0.05, 0.1) is 17.1 Å². The number of benzene rings is 2. The number of carbonyl (C=O) groups is 1. The molecule has 2 aromatic carbocycles. The lowest BCUT2D eigenvalue weighted by Gasteiger charge is -2.12. The topological polar surface area (TPSA) is 67.0 Å². The summed E-state index contributed by atoms with van der Waals surface area (Å²) in [5.74, 6) is 1.10. The minimum Gasteiger partial charge on any atom is -0.484 e. The molecule has 0 bridgehead atoms. The molecule has 0 aliphatic carbocycles. The third-order valence-electron chi connectivity index (χ3n) is 3.63.